The lowest BCUT2D eigenvalue weighted by molar-refractivity contribution is -0.144. The van der Waals surface area contributed by atoms with E-state index < -0.39 is 11.9 Å². The lowest BCUT2D eigenvalue weighted by Gasteiger charge is -2.05. The van der Waals surface area contributed by atoms with Crippen LogP contribution in [-0.4, -0.2) is 31.5 Å². The molecule has 8 heteroatoms. The number of hydrogen-bond acceptors (Lipinski definition) is 6. The number of furan rings is 1. The van der Waals surface area contributed by atoms with Crippen LogP contribution >= 0.6 is 15.9 Å². The Morgan fingerprint density at radius 2 is 1.88 bits per heavy atom. The molecule has 0 fully saturated rings. The fourth-order valence-electron chi connectivity index (χ4n) is 1.97. The second-order valence-electron chi connectivity index (χ2n) is 5.07. The van der Waals surface area contributed by atoms with E-state index in [1.807, 2.05) is 0 Å². The van der Waals surface area contributed by atoms with Crippen LogP contribution in [0.5, 0.6) is 0 Å². The zero-order valence-corrected chi connectivity index (χ0v) is 15.2. The number of carbonyl (C=O) groups excluding carboxylic acids is 3. The molecular weight excluding hydrogens is 394 g/mol. The lowest BCUT2D eigenvalue weighted by Crippen LogP contribution is -2.30. The molecule has 0 saturated heterocycles. The molecule has 0 spiro atoms. The van der Waals surface area contributed by atoms with Gasteiger partial charge in [-0.05, 0) is 37.3 Å². The van der Waals surface area contributed by atoms with Gasteiger partial charge in [-0.25, -0.2) is 4.79 Å². The summed E-state index contributed by atoms with van der Waals surface area (Å²) >= 11 is 3.28. The van der Waals surface area contributed by atoms with Crippen molar-refractivity contribution in [3.05, 3.63) is 57.5 Å². The zero-order valence-electron chi connectivity index (χ0n) is 13.6. The van der Waals surface area contributed by atoms with E-state index in [0.29, 0.717) is 16.9 Å². The van der Waals surface area contributed by atoms with Gasteiger partial charge < -0.3 is 19.2 Å². The molecule has 0 saturated carbocycles. The van der Waals surface area contributed by atoms with Crippen LogP contribution in [0.25, 0.3) is 0 Å². The van der Waals surface area contributed by atoms with Gasteiger partial charge in [0.2, 0.25) is 5.76 Å². The highest BCUT2D eigenvalue weighted by molar-refractivity contribution is 9.10. The molecule has 2 aromatic rings. The van der Waals surface area contributed by atoms with Gasteiger partial charge in [0.05, 0.1) is 7.11 Å². The number of aryl methyl sites for hydroxylation is 1. The largest absolute Gasteiger partial charge is 0.463 e. The van der Waals surface area contributed by atoms with Crippen LogP contribution in [0.2, 0.25) is 0 Å². The minimum Gasteiger partial charge on any atom is -0.463 e. The molecule has 0 aliphatic rings. The van der Waals surface area contributed by atoms with Crippen molar-refractivity contribution < 1.29 is 28.3 Å². The van der Waals surface area contributed by atoms with Crippen molar-refractivity contribution in [3.63, 3.8) is 0 Å². The molecule has 0 unspecified atom stereocenters. The van der Waals surface area contributed by atoms with Crippen molar-refractivity contribution in [2.24, 2.45) is 0 Å². The topological polar surface area (TPSA) is 94.8 Å². The second-order valence-corrected chi connectivity index (χ2v) is 5.98. The number of carbonyl (C=O) groups is 3. The molecule has 1 amide bonds. The molecule has 0 aliphatic heterocycles. The standard InChI is InChI=1S/C17H16BrNO6/c1-10-7-13(25-15(10)17(22)23-2)9-24-14(20)8-19-16(21)11-3-5-12(18)6-4-11/h3-7H,8-9H2,1-2H3,(H,19,21). The second kappa shape index (κ2) is 8.48. The van der Waals surface area contributed by atoms with Gasteiger partial charge in [-0.15, -0.1) is 0 Å². The highest BCUT2D eigenvalue weighted by Crippen LogP contribution is 2.16. The van der Waals surface area contributed by atoms with Crippen LogP contribution in [-0.2, 0) is 20.9 Å². The monoisotopic (exact) mass is 409 g/mol. The van der Waals surface area contributed by atoms with E-state index in [9.17, 15) is 14.4 Å². The third kappa shape index (κ3) is 5.18. The molecule has 1 heterocycles. The van der Waals surface area contributed by atoms with E-state index in [4.69, 9.17) is 9.15 Å². The van der Waals surface area contributed by atoms with Gasteiger partial charge in [0, 0.05) is 15.6 Å². The number of ether oxygens (including phenoxy) is 2. The van der Waals surface area contributed by atoms with Gasteiger partial charge in [-0.2, -0.15) is 0 Å². The van der Waals surface area contributed by atoms with E-state index in [-0.39, 0.29) is 24.8 Å². The molecule has 25 heavy (non-hydrogen) atoms. The van der Waals surface area contributed by atoms with Crippen molar-refractivity contribution in [3.8, 4) is 0 Å². The quantitative estimate of drug-likeness (QED) is 0.736. The van der Waals surface area contributed by atoms with Crippen LogP contribution in [0.15, 0.2) is 39.2 Å². The number of halogens is 1. The van der Waals surface area contributed by atoms with Crippen LogP contribution < -0.4 is 5.32 Å². The van der Waals surface area contributed by atoms with Crippen molar-refractivity contribution in [1.29, 1.82) is 0 Å². The summed E-state index contributed by atoms with van der Waals surface area (Å²) in [7, 11) is 1.25. The first-order chi connectivity index (χ1) is 11.9. The number of methoxy groups -OCH3 is 1. The Balaban J connectivity index is 1.82. The summed E-state index contributed by atoms with van der Waals surface area (Å²) in [6.45, 7) is 1.25. The molecule has 0 atom stereocenters. The minimum absolute atomic E-state index is 0.0668. The van der Waals surface area contributed by atoms with Gasteiger partial charge in [0.1, 0.15) is 18.9 Å². The summed E-state index contributed by atoms with van der Waals surface area (Å²) in [5.74, 6) is -1.23. The number of esters is 2. The average molecular weight is 410 g/mol. The zero-order chi connectivity index (χ0) is 18.4. The summed E-state index contributed by atoms with van der Waals surface area (Å²) in [5, 5.41) is 2.46. The van der Waals surface area contributed by atoms with Gasteiger partial charge in [-0.3, -0.25) is 9.59 Å². The van der Waals surface area contributed by atoms with Gasteiger partial charge >= 0.3 is 11.9 Å². The first-order valence-electron chi connectivity index (χ1n) is 7.27. The number of nitrogens with one attached hydrogen (secondary N) is 1. The maximum atomic E-state index is 11.9. The predicted molar refractivity (Wildman–Crippen MR) is 91.1 cm³/mol. The number of benzene rings is 1. The highest BCUT2D eigenvalue weighted by atomic mass is 79.9. The first kappa shape index (κ1) is 18.7. The third-order valence-corrected chi connectivity index (χ3v) is 3.74. The molecule has 0 bridgehead atoms. The maximum Gasteiger partial charge on any atom is 0.374 e. The lowest BCUT2D eigenvalue weighted by atomic mass is 10.2. The van der Waals surface area contributed by atoms with E-state index in [2.05, 4.69) is 26.0 Å². The Hall–Kier alpha value is -2.61. The van der Waals surface area contributed by atoms with Crippen LogP contribution in [0.1, 0.15) is 32.2 Å². The van der Waals surface area contributed by atoms with Crippen molar-refractivity contribution in [2.75, 3.05) is 13.7 Å². The summed E-state index contributed by atoms with van der Waals surface area (Å²) in [4.78, 5) is 35.0. The normalized spacial score (nSPS) is 10.2. The molecular formula is C17H16BrNO6. The Bertz CT molecular complexity index is 781. The van der Waals surface area contributed by atoms with Gasteiger partial charge in [-0.1, -0.05) is 15.9 Å². The fourth-order valence-corrected chi connectivity index (χ4v) is 2.24. The predicted octanol–water partition coefficient (Wildman–Crippen LogP) is 2.61. The molecule has 1 N–H and O–H groups in total. The van der Waals surface area contributed by atoms with Crippen molar-refractivity contribution in [1.82, 2.24) is 5.32 Å². The van der Waals surface area contributed by atoms with Crippen LogP contribution in [0, 0.1) is 6.92 Å². The highest BCUT2D eigenvalue weighted by Gasteiger charge is 2.17. The van der Waals surface area contributed by atoms with Gasteiger partial charge in [0.25, 0.3) is 5.91 Å². The summed E-state index contributed by atoms with van der Waals surface area (Å²) in [6, 6.07) is 8.30. The Morgan fingerprint density at radius 3 is 2.52 bits per heavy atom. The molecule has 2 rings (SSSR count). The molecule has 132 valence electrons. The van der Waals surface area contributed by atoms with Crippen LogP contribution in [0.3, 0.4) is 0 Å². The van der Waals surface area contributed by atoms with Crippen molar-refractivity contribution >= 4 is 33.8 Å². The molecule has 1 aromatic carbocycles. The van der Waals surface area contributed by atoms with E-state index in [1.54, 1.807) is 37.3 Å². The number of rotatable bonds is 6. The van der Waals surface area contributed by atoms with Crippen LogP contribution in [0.4, 0.5) is 0 Å². The smallest absolute Gasteiger partial charge is 0.374 e. The van der Waals surface area contributed by atoms with E-state index in [0.717, 1.165) is 4.47 Å². The van der Waals surface area contributed by atoms with E-state index >= 15 is 0 Å². The summed E-state index contributed by atoms with van der Waals surface area (Å²) < 4.78 is 15.7. The average Bonchev–Trinajstić information content (AvgIpc) is 2.98. The van der Waals surface area contributed by atoms with E-state index in [1.165, 1.54) is 7.11 Å². The minimum atomic E-state index is -0.626. The SMILES string of the molecule is COC(=O)c1oc(COC(=O)CNC(=O)c2ccc(Br)cc2)cc1C. The first-order valence-corrected chi connectivity index (χ1v) is 8.07. The number of hydrogen-bond donors (Lipinski definition) is 1. The third-order valence-electron chi connectivity index (χ3n) is 3.21. The molecule has 7 nitrogen and oxygen atoms in total. The summed E-state index contributed by atoms with van der Waals surface area (Å²) in [5.41, 5.74) is 1.02. The Morgan fingerprint density at radius 1 is 1.20 bits per heavy atom. The van der Waals surface area contributed by atoms with Gasteiger partial charge in [0.15, 0.2) is 0 Å². The molecule has 0 radical (unpaired) electrons. The fraction of sp³-hybridized carbons (Fsp3) is 0.235. The summed E-state index contributed by atoms with van der Waals surface area (Å²) in [6.07, 6.45) is 0. The Labute approximate surface area is 152 Å². The van der Waals surface area contributed by atoms with Crippen molar-refractivity contribution in [2.45, 2.75) is 13.5 Å². The molecule has 1 aromatic heterocycles. The molecule has 0 aliphatic carbocycles. The number of amides is 1. The maximum absolute atomic E-state index is 11.9. The Kier molecular flexibility index (Phi) is 6.35.